The summed E-state index contributed by atoms with van der Waals surface area (Å²) in [7, 11) is 0. The van der Waals surface area contributed by atoms with Gasteiger partial charge in [-0.25, -0.2) is 0 Å². The van der Waals surface area contributed by atoms with Crippen LogP contribution in [0.4, 0.5) is 35.1 Å². The Balaban J connectivity index is 3.54. The van der Waals surface area contributed by atoms with Crippen LogP contribution in [0.2, 0.25) is 0 Å². The predicted octanol–water partition coefficient (Wildman–Crippen LogP) is 3.65. The Morgan fingerprint density at radius 2 is 0.750 bits per heavy atom. The molecule has 92 valence electrons. The Hall–Kier alpha value is -1.08. The average molecular weight is 252 g/mol. The van der Waals surface area contributed by atoms with Crippen LogP contribution >= 0.6 is 0 Å². The first-order chi connectivity index (χ1) is 6.82. The summed E-state index contributed by atoms with van der Waals surface area (Å²) in [5.41, 5.74) is -4.18. The predicted molar refractivity (Wildman–Crippen MR) is 38.1 cm³/mol. The van der Waals surface area contributed by atoms with Crippen molar-refractivity contribution in [2.75, 3.05) is 0 Å². The van der Waals surface area contributed by atoms with Crippen molar-refractivity contribution in [2.24, 2.45) is 0 Å². The van der Waals surface area contributed by atoms with Crippen molar-refractivity contribution >= 4 is 0 Å². The number of allylic oxidation sites excluding steroid dienone is 2. The van der Waals surface area contributed by atoms with E-state index in [1.54, 1.807) is 0 Å². The highest BCUT2D eigenvalue weighted by atomic mass is 19.4. The van der Waals surface area contributed by atoms with Gasteiger partial charge in [0, 0.05) is 11.1 Å². The zero-order valence-corrected chi connectivity index (χ0v) is 7.44. The third-order valence-electron chi connectivity index (χ3n) is 2.31. The molecule has 1 aliphatic carbocycles. The molecular weight excluding hydrogens is 248 g/mol. The summed E-state index contributed by atoms with van der Waals surface area (Å²) in [6.45, 7) is 4.52. The highest BCUT2D eigenvalue weighted by molar-refractivity contribution is 5.46. The summed E-state index contributed by atoms with van der Waals surface area (Å²) < 4.78 is 101. The molecule has 0 nitrogen and oxygen atoms in total. The van der Waals surface area contributed by atoms with E-state index in [1.807, 2.05) is 0 Å². The molecule has 1 saturated carbocycles. The number of halogens is 8. The van der Waals surface area contributed by atoms with Gasteiger partial charge in [0.2, 0.25) is 0 Å². The third-order valence-corrected chi connectivity index (χ3v) is 2.31. The lowest BCUT2D eigenvalue weighted by Gasteiger charge is -2.43. The lowest BCUT2D eigenvalue weighted by atomic mass is 9.79. The molecule has 16 heavy (non-hydrogen) atoms. The van der Waals surface area contributed by atoms with E-state index < -0.39 is 34.8 Å². The zero-order chi connectivity index (χ0) is 13.2. The average Bonchev–Trinajstić information content (AvgIpc) is 2.12. The van der Waals surface area contributed by atoms with Gasteiger partial charge in [-0.2, -0.15) is 35.1 Å². The van der Waals surface area contributed by atoms with Crippen LogP contribution in [-0.4, -0.2) is 23.7 Å². The summed E-state index contributed by atoms with van der Waals surface area (Å²) in [6, 6.07) is 0. The van der Waals surface area contributed by atoms with Crippen molar-refractivity contribution in [3.8, 4) is 0 Å². The van der Waals surface area contributed by atoms with E-state index in [4.69, 9.17) is 0 Å². The fourth-order valence-electron chi connectivity index (χ4n) is 1.15. The summed E-state index contributed by atoms with van der Waals surface area (Å²) in [4.78, 5) is 0. The highest BCUT2D eigenvalue weighted by Gasteiger charge is 2.85. The summed E-state index contributed by atoms with van der Waals surface area (Å²) in [6.07, 6.45) is 0. The van der Waals surface area contributed by atoms with Crippen LogP contribution in [0.25, 0.3) is 0 Å². The molecule has 1 fully saturated rings. The molecule has 0 bridgehead atoms. The highest BCUT2D eigenvalue weighted by Crippen LogP contribution is 2.62. The molecule has 0 saturated heterocycles. The van der Waals surface area contributed by atoms with Gasteiger partial charge in [-0.15, -0.1) is 0 Å². The van der Waals surface area contributed by atoms with E-state index in [0.717, 1.165) is 0 Å². The van der Waals surface area contributed by atoms with Gasteiger partial charge >= 0.3 is 23.7 Å². The molecule has 1 aliphatic rings. The lowest BCUT2D eigenvalue weighted by Crippen LogP contribution is -2.67. The van der Waals surface area contributed by atoms with Gasteiger partial charge in [0.1, 0.15) is 0 Å². The molecule has 0 aromatic carbocycles. The number of hydrogen-bond donors (Lipinski definition) is 0. The second-order valence-electron chi connectivity index (χ2n) is 3.25. The monoisotopic (exact) mass is 252 g/mol. The molecule has 0 unspecified atom stereocenters. The van der Waals surface area contributed by atoms with E-state index in [2.05, 4.69) is 13.2 Å². The number of rotatable bonds is 0. The van der Waals surface area contributed by atoms with Crippen LogP contribution in [0, 0.1) is 0 Å². The molecule has 0 aromatic heterocycles. The molecule has 0 N–H and O–H groups in total. The molecule has 0 radical (unpaired) electrons. The Morgan fingerprint density at radius 3 is 0.938 bits per heavy atom. The van der Waals surface area contributed by atoms with Crippen LogP contribution in [0.1, 0.15) is 0 Å². The normalized spacial score (nSPS) is 30.2. The van der Waals surface area contributed by atoms with Crippen LogP contribution in [0.5, 0.6) is 0 Å². The number of hydrogen-bond acceptors (Lipinski definition) is 0. The smallest absolute Gasteiger partial charge is 0.194 e. The van der Waals surface area contributed by atoms with Crippen LogP contribution in [0.3, 0.4) is 0 Å². The first kappa shape index (κ1) is 13.0. The Labute approximate surface area is 84.2 Å². The van der Waals surface area contributed by atoms with Crippen molar-refractivity contribution in [1.29, 1.82) is 0 Å². The van der Waals surface area contributed by atoms with Gasteiger partial charge in [0.15, 0.2) is 0 Å². The SMILES string of the molecule is C=C1C(=C)C(F)(F)C(F)(F)C(F)(F)C1(F)F. The first-order valence-electron chi connectivity index (χ1n) is 3.72. The van der Waals surface area contributed by atoms with Gasteiger partial charge in [-0.1, -0.05) is 13.2 Å². The lowest BCUT2D eigenvalue weighted by molar-refractivity contribution is -0.360. The number of alkyl halides is 8. The zero-order valence-electron chi connectivity index (χ0n) is 7.44. The maximum absolute atomic E-state index is 12.7. The van der Waals surface area contributed by atoms with E-state index in [0.29, 0.717) is 0 Å². The molecule has 0 aliphatic heterocycles. The Kier molecular flexibility index (Phi) is 2.26. The van der Waals surface area contributed by atoms with Crippen molar-refractivity contribution in [3.63, 3.8) is 0 Å². The van der Waals surface area contributed by atoms with Crippen LogP contribution in [0.15, 0.2) is 24.3 Å². The fraction of sp³-hybridized carbons (Fsp3) is 0.500. The molecular formula is C8H4F8. The third kappa shape index (κ3) is 1.04. The second kappa shape index (κ2) is 2.78. The van der Waals surface area contributed by atoms with Crippen molar-refractivity contribution in [2.45, 2.75) is 23.7 Å². The first-order valence-corrected chi connectivity index (χ1v) is 3.72. The maximum Gasteiger partial charge on any atom is 0.382 e. The van der Waals surface area contributed by atoms with Crippen molar-refractivity contribution in [3.05, 3.63) is 24.3 Å². The summed E-state index contributed by atoms with van der Waals surface area (Å²) in [5, 5.41) is 0. The topological polar surface area (TPSA) is 0 Å². The maximum atomic E-state index is 12.7. The van der Waals surface area contributed by atoms with Gasteiger partial charge in [-0.05, 0) is 0 Å². The standard InChI is InChI=1S/C8H4F8/c1-3-4(2)6(11,12)8(15,16)7(13,14)5(3,9)10/h1-2H2. The van der Waals surface area contributed by atoms with Crippen LogP contribution < -0.4 is 0 Å². The summed E-state index contributed by atoms with van der Waals surface area (Å²) >= 11 is 0. The quantitative estimate of drug-likeness (QED) is 0.577. The van der Waals surface area contributed by atoms with E-state index >= 15 is 0 Å². The Morgan fingerprint density at radius 1 is 0.562 bits per heavy atom. The molecule has 0 atom stereocenters. The molecule has 0 amide bonds. The molecule has 8 heteroatoms. The van der Waals surface area contributed by atoms with Gasteiger partial charge in [-0.3, -0.25) is 0 Å². The summed E-state index contributed by atoms with van der Waals surface area (Å²) in [5.74, 6) is -23.4. The van der Waals surface area contributed by atoms with Gasteiger partial charge in [0.25, 0.3) is 0 Å². The van der Waals surface area contributed by atoms with Crippen LogP contribution in [-0.2, 0) is 0 Å². The second-order valence-corrected chi connectivity index (χ2v) is 3.25. The van der Waals surface area contributed by atoms with Crippen molar-refractivity contribution < 1.29 is 35.1 Å². The van der Waals surface area contributed by atoms with Crippen molar-refractivity contribution in [1.82, 2.24) is 0 Å². The van der Waals surface area contributed by atoms with E-state index in [9.17, 15) is 35.1 Å². The molecule has 1 rings (SSSR count). The van der Waals surface area contributed by atoms with E-state index in [1.165, 1.54) is 0 Å². The Bertz CT molecular complexity index is 328. The minimum atomic E-state index is -6.22. The molecule has 0 heterocycles. The fourth-order valence-corrected chi connectivity index (χ4v) is 1.15. The minimum Gasteiger partial charge on any atom is -0.194 e. The van der Waals surface area contributed by atoms with Gasteiger partial charge in [0.05, 0.1) is 0 Å². The molecule has 0 aromatic rings. The van der Waals surface area contributed by atoms with E-state index in [-0.39, 0.29) is 0 Å². The van der Waals surface area contributed by atoms with Gasteiger partial charge < -0.3 is 0 Å². The largest absolute Gasteiger partial charge is 0.382 e. The minimum absolute atomic E-state index is 2.09. The molecule has 0 spiro atoms.